The minimum Gasteiger partial charge on any atom is -0.491 e. The molecule has 0 radical (unpaired) electrons. The highest BCUT2D eigenvalue weighted by Crippen LogP contribution is 2.35. The molecule has 106 valence electrons. The average Bonchev–Trinajstić information content (AvgIpc) is 2.40. The third-order valence-electron chi connectivity index (χ3n) is 3.14. The van der Waals surface area contributed by atoms with E-state index in [0.717, 1.165) is 11.1 Å². The van der Waals surface area contributed by atoms with Crippen molar-refractivity contribution in [2.45, 2.75) is 20.8 Å². The molecule has 0 fully saturated rings. The van der Waals surface area contributed by atoms with Crippen LogP contribution >= 0.6 is 0 Å². The van der Waals surface area contributed by atoms with Gasteiger partial charge in [-0.1, -0.05) is 12.1 Å². The Hall–Kier alpha value is -2.23. The Morgan fingerprint density at radius 3 is 2.55 bits per heavy atom. The van der Waals surface area contributed by atoms with Gasteiger partial charge in [0.1, 0.15) is 5.75 Å². The van der Waals surface area contributed by atoms with Crippen LogP contribution in [0.5, 0.6) is 17.2 Å². The minimum atomic E-state index is -0.488. The van der Waals surface area contributed by atoms with Gasteiger partial charge in [0, 0.05) is 12.1 Å². The molecular weight excluding hydrogens is 257 g/mol. The smallest absolute Gasteiger partial charge is 0.167 e. The lowest BCUT2D eigenvalue weighted by Gasteiger charge is -2.14. The Bertz CT molecular complexity index is 626. The number of halogens is 1. The molecule has 0 saturated carbocycles. The van der Waals surface area contributed by atoms with Gasteiger partial charge in [-0.25, -0.2) is 4.39 Å². The molecule has 20 heavy (non-hydrogen) atoms. The monoisotopic (exact) mass is 275 g/mol. The lowest BCUT2D eigenvalue weighted by atomic mass is 10.1. The van der Waals surface area contributed by atoms with Gasteiger partial charge < -0.3 is 15.2 Å². The van der Waals surface area contributed by atoms with Crippen LogP contribution in [-0.4, -0.2) is 6.61 Å². The molecule has 0 aliphatic carbocycles. The highest BCUT2D eigenvalue weighted by atomic mass is 19.1. The van der Waals surface area contributed by atoms with Crippen LogP contribution in [0, 0.1) is 19.7 Å². The largest absolute Gasteiger partial charge is 0.491 e. The normalized spacial score (nSPS) is 10.4. The lowest BCUT2D eigenvalue weighted by molar-refractivity contribution is 0.319. The van der Waals surface area contributed by atoms with Gasteiger partial charge >= 0.3 is 0 Å². The number of ether oxygens (including phenoxy) is 2. The molecule has 0 aromatic heterocycles. The maximum Gasteiger partial charge on any atom is 0.167 e. The molecule has 0 saturated heterocycles. The quantitative estimate of drug-likeness (QED) is 0.850. The first-order valence-corrected chi connectivity index (χ1v) is 6.48. The summed E-state index contributed by atoms with van der Waals surface area (Å²) in [6.07, 6.45) is 0. The Morgan fingerprint density at radius 1 is 1.10 bits per heavy atom. The van der Waals surface area contributed by atoms with Gasteiger partial charge in [-0.05, 0) is 38.0 Å². The molecule has 0 bridgehead atoms. The molecule has 2 rings (SSSR count). The lowest BCUT2D eigenvalue weighted by Crippen LogP contribution is -1.99. The van der Waals surface area contributed by atoms with E-state index in [9.17, 15) is 4.39 Å². The number of hydrogen-bond acceptors (Lipinski definition) is 3. The summed E-state index contributed by atoms with van der Waals surface area (Å²) < 4.78 is 24.6. The number of rotatable bonds is 4. The van der Waals surface area contributed by atoms with Gasteiger partial charge in [0.15, 0.2) is 17.3 Å². The first-order chi connectivity index (χ1) is 9.52. The Labute approximate surface area is 118 Å². The van der Waals surface area contributed by atoms with Crippen molar-refractivity contribution >= 4 is 5.69 Å². The standard InChI is InChI=1S/C16H18FNO2/c1-4-19-15-9-16(13(18)8-12(15)17)20-14-7-5-6-10(2)11(14)3/h5-9H,4,18H2,1-3H3. The molecule has 2 aromatic rings. The molecule has 2 aromatic carbocycles. The third kappa shape index (κ3) is 2.85. The first kappa shape index (κ1) is 14.2. The number of nitrogen functional groups attached to an aromatic ring is 1. The topological polar surface area (TPSA) is 44.5 Å². The van der Waals surface area contributed by atoms with Crippen molar-refractivity contribution in [3.63, 3.8) is 0 Å². The van der Waals surface area contributed by atoms with E-state index >= 15 is 0 Å². The molecule has 2 N–H and O–H groups in total. The molecular formula is C16H18FNO2. The van der Waals surface area contributed by atoms with Crippen molar-refractivity contribution in [3.05, 3.63) is 47.3 Å². The molecule has 0 heterocycles. The molecule has 0 atom stereocenters. The van der Waals surface area contributed by atoms with Gasteiger partial charge in [-0.2, -0.15) is 0 Å². The zero-order valence-corrected chi connectivity index (χ0v) is 11.9. The summed E-state index contributed by atoms with van der Waals surface area (Å²) in [5.74, 6) is 0.744. The van der Waals surface area contributed by atoms with Crippen LogP contribution in [0.25, 0.3) is 0 Å². The maximum atomic E-state index is 13.6. The third-order valence-corrected chi connectivity index (χ3v) is 3.14. The number of hydrogen-bond donors (Lipinski definition) is 1. The van der Waals surface area contributed by atoms with Gasteiger partial charge in [0.05, 0.1) is 12.3 Å². The van der Waals surface area contributed by atoms with Gasteiger partial charge in [0.2, 0.25) is 0 Å². The fourth-order valence-electron chi connectivity index (χ4n) is 1.86. The van der Waals surface area contributed by atoms with Crippen molar-refractivity contribution < 1.29 is 13.9 Å². The van der Waals surface area contributed by atoms with E-state index < -0.39 is 5.82 Å². The second-order valence-corrected chi connectivity index (χ2v) is 4.55. The second-order valence-electron chi connectivity index (χ2n) is 4.55. The highest BCUT2D eigenvalue weighted by molar-refractivity contribution is 5.58. The van der Waals surface area contributed by atoms with E-state index in [2.05, 4.69) is 0 Å². The summed E-state index contributed by atoms with van der Waals surface area (Å²) in [5.41, 5.74) is 8.19. The van der Waals surface area contributed by atoms with E-state index in [1.807, 2.05) is 32.0 Å². The predicted molar refractivity (Wildman–Crippen MR) is 78.0 cm³/mol. The van der Waals surface area contributed by atoms with Crippen LogP contribution in [-0.2, 0) is 0 Å². The molecule has 0 amide bonds. The fourth-order valence-corrected chi connectivity index (χ4v) is 1.86. The molecule has 0 spiro atoms. The summed E-state index contributed by atoms with van der Waals surface area (Å²) in [4.78, 5) is 0. The first-order valence-electron chi connectivity index (χ1n) is 6.48. The minimum absolute atomic E-state index is 0.141. The van der Waals surface area contributed by atoms with E-state index in [1.54, 1.807) is 6.92 Å². The van der Waals surface area contributed by atoms with Crippen LogP contribution in [0.3, 0.4) is 0 Å². The van der Waals surface area contributed by atoms with Crippen LogP contribution in [0.15, 0.2) is 30.3 Å². The van der Waals surface area contributed by atoms with Crippen molar-refractivity contribution in [2.24, 2.45) is 0 Å². The number of anilines is 1. The number of nitrogens with two attached hydrogens (primary N) is 1. The molecule has 0 aliphatic rings. The van der Waals surface area contributed by atoms with Crippen molar-refractivity contribution in [1.82, 2.24) is 0 Å². The molecule has 4 heteroatoms. The Balaban J connectivity index is 2.38. The van der Waals surface area contributed by atoms with Crippen LogP contribution in [0.4, 0.5) is 10.1 Å². The number of aryl methyl sites for hydroxylation is 1. The summed E-state index contributed by atoms with van der Waals surface area (Å²) in [7, 11) is 0. The maximum absolute atomic E-state index is 13.6. The van der Waals surface area contributed by atoms with Crippen molar-refractivity contribution in [1.29, 1.82) is 0 Å². The summed E-state index contributed by atoms with van der Waals surface area (Å²) in [6, 6.07) is 8.45. The highest BCUT2D eigenvalue weighted by Gasteiger charge is 2.12. The van der Waals surface area contributed by atoms with Crippen molar-refractivity contribution in [3.8, 4) is 17.2 Å². The van der Waals surface area contributed by atoms with Crippen LogP contribution in [0.2, 0.25) is 0 Å². The summed E-state index contributed by atoms with van der Waals surface area (Å²) >= 11 is 0. The predicted octanol–water partition coefficient (Wildman–Crippen LogP) is 4.22. The van der Waals surface area contributed by atoms with E-state index in [4.69, 9.17) is 15.2 Å². The van der Waals surface area contributed by atoms with Gasteiger partial charge in [-0.3, -0.25) is 0 Å². The van der Waals surface area contributed by atoms with E-state index in [1.165, 1.54) is 12.1 Å². The molecule has 0 unspecified atom stereocenters. The van der Waals surface area contributed by atoms with E-state index in [0.29, 0.717) is 18.1 Å². The van der Waals surface area contributed by atoms with Crippen LogP contribution in [0.1, 0.15) is 18.1 Å². The zero-order chi connectivity index (χ0) is 14.7. The van der Waals surface area contributed by atoms with E-state index in [-0.39, 0.29) is 11.4 Å². The zero-order valence-electron chi connectivity index (χ0n) is 11.9. The summed E-state index contributed by atoms with van der Waals surface area (Å²) in [6.45, 7) is 6.14. The Kier molecular flexibility index (Phi) is 4.13. The average molecular weight is 275 g/mol. The van der Waals surface area contributed by atoms with Crippen molar-refractivity contribution in [2.75, 3.05) is 12.3 Å². The molecule has 0 aliphatic heterocycles. The molecule has 3 nitrogen and oxygen atoms in total. The fraction of sp³-hybridized carbons (Fsp3) is 0.250. The Morgan fingerprint density at radius 2 is 1.85 bits per heavy atom. The second kappa shape index (κ2) is 5.82. The van der Waals surface area contributed by atoms with Gasteiger partial charge in [0.25, 0.3) is 0 Å². The SMILES string of the molecule is CCOc1cc(Oc2cccc(C)c2C)c(N)cc1F. The van der Waals surface area contributed by atoms with Gasteiger partial charge in [-0.15, -0.1) is 0 Å². The van der Waals surface area contributed by atoms with Crippen LogP contribution < -0.4 is 15.2 Å². The number of benzene rings is 2. The summed E-state index contributed by atoms with van der Waals surface area (Å²) in [5, 5.41) is 0.